The summed E-state index contributed by atoms with van der Waals surface area (Å²) in [5.74, 6) is 0.375. The SMILES string of the molecule is CCS(=O)(=O)CC(C)NC(C)c1cccc2ccccc12. The van der Waals surface area contributed by atoms with Gasteiger partial charge in [0.25, 0.3) is 0 Å². The lowest BCUT2D eigenvalue weighted by Gasteiger charge is -2.21. The van der Waals surface area contributed by atoms with Crippen molar-refractivity contribution in [1.29, 1.82) is 0 Å². The zero-order valence-electron chi connectivity index (χ0n) is 12.8. The van der Waals surface area contributed by atoms with Gasteiger partial charge < -0.3 is 5.32 Å². The molecule has 114 valence electrons. The van der Waals surface area contributed by atoms with Crippen LogP contribution in [0.3, 0.4) is 0 Å². The minimum atomic E-state index is -2.95. The molecule has 0 fully saturated rings. The zero-order valence-corrected chi connectivity index (χ0v) is 13.7. The molecule has 4 heteroatoms. The summed E-state index contributed by atoms with van der Waals surface area (Å²) in [4.78, 5) is 0. The number of benzene rings is 2. The molecule has 0 bridgehead atoms. The van der Waals surface area contributed by atoms with Crippen molar-refractivity contribution < 1.29 is 8.42 Å². The van der Waals surface area contributed by atoms with E-state index in [1.165, 1.54) is 16.3 Å². The summed E-state index contributed by atoms with van der Waals surface area (Å²) in [6, 6.07) is 14.5. The van der Waals surface area contributed by atoms with Gasteiger partial charge in [0.1, 0.15) is 0 Å². The molecule has 0 aromatic heterocycles. The standard InChI is InChI=1S/C17H23NO2S/c1-4-21(19,20)12-13(2)18-14(3)16-11-7-9-15-8-5-6-10-17(15)16/h5-11,13-14,18H,4,12H2,1-3H3. The highest BCUT2D eigenvalue weighted by molar-refractivity contribution is 7.91. The van der Waals surface area contributed by atoms with Crippen molar-refractivity contribution in [2.24, 2.45) is 0 Å². The van der Waals surface area contributed by atoms with Gasteiger partial charge in [0.15, 0.2) is 9.84 Å². The Morgan fingerprint density at radius 1 is 1.05 bits per heavy atom. The second-order valence-electron chi connectivity index (χ2n) is 5.56. The lowest BCUT2D eigenvalue weighted by atomic mass is 9.99. The van der Waals surface area contributed by atoms with Crippen LogP contribution in [0.5, 0.6) is 0 Å². The summed E-state index contributed by atoms with van der Waals surface area (Å²) >= 11 is 0. The number of fused-ring (bicyclic) bond motifs is 1. The molecule has 0 saturated heterocycles. The van der Waals surface area contributed by atoms with Gasteiger partial charge in [0.2, 0.25) is 0 Å². The Morgan fingerprint density at radius 2 is 1.71 bits per heavy atom. The van der Waals surface area contributed by atoms with Crippen molar-refractivity contribution in [3.63, 3.8) is 0 Å². The van der Waals surface area contributed by atoms with Crippen molar-refractivity contribution >= 4 is 20.6 Å². The molecule has 0 aliphatic heterocycles. The summed E-state index contributed by atoms with van der Waals surface area (Å²) in [7, 11) is -2.95. The van der Waals surface area contributed by atoms with Crippen molar-refractivity contribution in [3.8, 4) is 0 Å². The van der Waals surface area contributed by atoms with Gasteiger partial charge in [0, 0.05) is 17.8 Å². The molecule has 2 rings (SSSR count). The Labute approximate surface area is 127 Å². The summed E-state index contributed by atoms with van der Waals surface area (Å²) < 4.78 is 23.4. The van der Waals surface area contributed by atoms with Crippen LogP contribution in [0.4, 0.5) is 0 Å². The highest BCUT2D eigenvalue weighted by Gasteiger charge is 2.17. The molecule has 3 nitrogen and oxygen atoms in total. The molecule has 0 saturated carbocycles. The first-order chi connectivity index (χ1) is 9.93. The molecule has 0 aliphatic carbocycles. The molecule has 2 aromatic rings. The highest BCUT2D eigenvalue weighted by atomic mass is 32.2. The number of nitrogens with one attached hydrogen (secondary N) is 1. The average Bonchev–Trinajstić information content (AvgIpc) is 2.46. The molecule has 21 heavy (non-hydrogen) atoms. The van der Waals surface area contributed by atoms with Crippen LogP contribution in [0.1, 0.15) is 32.4 Å². The molecule has 0 spiro atoms. The van der Waals surface area contributed by atoms with Gasteiger partial charge >= 0.3 is 0 Å². The van der Waals surface area contributed by atoms with Crippen LogP contribution in [0.2, 0.25) is 0 Å². The van der Waals surface area contributed by atoms with E-state index in [1.807, 2.05) is 25.1 Å². The largest absolute Gasteiger partial charge is 0.307 e. The first-order valence-electron chi connectivity index (χ1n) is 7.37. The smallest absolute Gasteiger partial charge is 0.151 e. The number of hydrogen-bond acceptors (Lipinski definition) is 3. The van der Waals surface area contributed by atoms with Crippen molar-refractivity contribution in [2.45, 2.75) is 32.9 Å². The maximum atomic E-state index is 11.7. The molecule has 2 unspecified atom stereocenters. The van der Waals surface area contributed by atoms with Gasteiger partial charge in [-0.1, -0.05) is 49.4 Å². The van der Waals surface area contributed by atoms with Crippen LogP contribution in [0.25, 0.3) is 10.8 Å². The predicted octanol–water partition coefficient (Wildman–Crippen LogP) is 3.31. The Morgan fingerprint density at radius 3 is 2.43 bits per heavy atom. The quantitative estimate of drug-likeness (QED) is 0.890. The van der Waals surface area contributed by atoms with Gasteiger partial charge in [-0.05, 0) is 30.2 Å². The summed E-state index contributed by atoms with van der Waals surface area (Å²) in [5, 5.41) is 5.82. The third-order valence-corrected chi connectivity index (χ3v) is 5.66. The second-order valence-corrected chi connectivity index (χ2v) is 7.95. The first-order valence-corrected chi connectivity index (χ1v) is 9.19. The normalized spacial score (nSPS) is 15.0. The van der Waals surface area contributed by atoms with E-state index >= 15 is 0 Å². The molecular weight excluding hydrogens is 282 g/mol. The number of hydrogen-bond donors (Lipinski definition) is 1. The van der Waals surface area contributed by atoms with E-state index in [0.29, 0.717) is 0 Å². The molecular formula is C17H23NO2S. The lowest BCUT2D eigenvalue weighted by molar-refractivity contribution is 0.502. The molecule has 2 atom stereocenters. The molecule has 1 N–H and O–H groups in total. The van der Waals surface area contributed by atoms with Gasteiger partial charge in [-0.15, -0.1) is 0 Å². The molecule has 2 aromatic carbocycles. The fraction of sp³-hybridized carbons (Fsp3) is 0.412. The predicted molar refractivity (Wildman–Crippen MR) is 89.3 cm³/mol. The van der Waals surface area contributed by atoms with Crippen LogP contribution in [-0.4, -0.2) is 26.0 Å². The third kappa shape index (κ3) is 4.05. The minimum absolute atomic E-state index is 0.0658. The fourth-order valence-electron chi connectivity index (χ4n) is 2.69. The van der Waals surface area contributed by atoms with Gasteiger partial charge in [-0.2, -0.15) is 0 Å². The van der Waals surface area contributed by atoms with E-state index in [0.717, 1.165) is 0 Å². The Balaban J connectivity index is 2.17. The number of sulfone groups is 1. The van der Waals surface area contributed by atoms with Crippen LogP contribution in [-0.2, 0) is 9.84 Å². The van der Waals surface area contributed by atoms with E-state index in [1.54, 1.807) is 6.92 Å². The molecule has 0 aliphatic rings. The van der Waals surface area contributed by atoms with Gasteiger partial charge in [-0.3, -0.25) is 0 Å². The van der Waals surface area contributed by atoms with E-state index in [9.17, 15) is 8.42 Å². The highest BCUT2D eigenvalue weighted by Crippen LogP contribution is 2.24. The van der Waals surface area contributed by atoms with Crippen LogP contribution >= 0.6 is 0 Å². The lowest BCUT2D eigenvalue weighted by Crippen LogP contribution is -2.35. The van der Waals surface area contributed by atoms with Crippen molar-refractivity contribution in [3.05, 3.63) is 48.0 Å². The maximum Gasteiger partial charge on any atom is 0.151 e. The Kier molecular flexibility index (Phi) is 5.01. The Bertz CT molecular complexity index is 704. The molecule has 0 radical (unpaired) electrons. The Hall–Kier alpha value is -1.39. The molecule has 0 amide bonds. The average molecular weight is 305 g/mol. The minimum Gasteiger partial charge on any atom is -0.307 e. The topological polar surface area (TPSA) is 46.2 Å². The second kappa shape index (κ2) is 6.58. The number of rotatable bonds is 6. The summed E-state index contributed by atoms with van der Waals surface area (Å²) in [5.41, 5.74) is 1.20. The van der Waals surface area contributed by atoms with E-state index in [4.69, 9.17) is 0 Å². The van der Waals surface area contributed by atoms with Gasteiger partial charge in [-0.25, -0.2) is 8.42 Å². The third-order valence-electron chi connectivity index (χ3n) is 3.77. The van der Waals surface area contributed by atoms with Gasteiger partial charge in [0.05, 0.1) is 5.75 Å². The van der Waals surface area contributed by atoms with Crippen molar-refractivity contribution in [1.82, 2.24) is 5.32 Å². The summed E-state index contributed by atoms with van der Waals surface area (Å²) in [6.07, 6.45) is 0. The summed E-state index contributed by atoms with van der Waals surface area (Å²) in [6.45, 7) is 5.70. The van der Waals surface area contributed by atoms with E-state index < -0.39 is 9.84 Å². The first kappa shape index (κ1) is 16.0. The fourth-order valence-corrected chi connectivity index (χ4v) is 3.79. The van der Waals surface area contributed by atoms with Crippen LogP contribution in [0, 0.1) is 0 Å². The van der Waals surface area contributed by atoms with E-state index in [2.05, 4.69) is 36.5 Å². The van der Waals surface area contributed by atoms with Crippen LogP contribution in [0.15, 0.2) is 42.5 Å². The van der Waals surface area contributed by atoms with Crippen molar-refractivity contribution in [2.75, 3.05) is 11.5 Å². The maximum absolute atomic E-state index is 11.7. The van der Waals surface area contributed by atoms with E-state index in [-0.39, 0.29) is 23.6 Å². The zero-order chi connectivity index (χ0) is 15.5. The van der Waals surface area contributed by atoms with Crippen LogP contribution < -0.4 is 5.32 Å². The monoisotopic (exact) mass is 305 g/mol. The molecule has 0 heterocycles.